The quantitative estimate of drug-likeness (QED) is 0.0134. The minimum atomic E-state index is -1.85. The Morgan fingerprint density at radius 3 is 1.59 bits per heavy atom. The van der Waals surface area contributed by atoms with Crippen LogP contribution in [0.25, 0.3) is 10.8 Å². The molecule has 0 bridgehead atoms. The van der Waals surface area contributed by atoms with E-state index in [9.17, 15) is 67.7 Å². The molecule has 102 heavy (non-hydrogen) atoms. The normalized spacial score (nSPS) is 15.2. The number of aliphatic hydroxyl groups excluding tert-OH is 1. The standard InChI is InChI=1S/C70H92ClN17O14/c1-39(2)31-52(61(94)82-51(15-9-28-77-69(73)74)68(101)88-30-10-16-58(88)67(100)79-40(3)59(72)92)83-60(93)50(14-8-29-78-70(75)102)81-63(96)54(34-43-20-25-49(91)26-21-43)86-66(99)57(38-89)87-65(98)56(36-45-11-7-27-76-37-45)85-64(97)55(33-42-18-23-48(71)24-19-42)84-62(95)53(80-41(4)90)35-44-17-22-46-12-5-6-13-47(46)32-44/h5-7,11-13,17-27,32,37,39-40,50-58,89,91H,8-10,14-16,28-31,33-36,38H2,1-4H3,(H2,72,92)(H,79,100)(H,80,90)(H,81,96)(H,82,94)(H,83,93)(H,84,95)(H,85,97)(H,86,99)(H,87,98)(H4,73,74,77)(H3,75,78,102)/t40-,50-,51+,52+,53-,54+,55?,56-,57+,58-/m1/s1. The number of benzene rings is 4. The minimum Gasteiger partial charge on any atom is -0.508 e. The second-order valence-electron chi connectivity index (χ2n) is 25.4. The maximum Gasteiger partial charge on any atom is 0.312 e. The van der Waals surface area contributed by atoms with Gasteiger partial charge >= 0.3 is 6.03 Å². The lowest BCUT2D eigenvalue weighted by Gasteiger charge is -2.31. The Bertz CT molecular complexity index is 3760. The van der Waals surface area contributed by atoms with Gasteiger partial charge in [-0.05, 0) is 121 Å². The molecule has 5 aromatic rings. The smallest absolute Gasteiger partial charge is 0.312 e. The molecule has 1 aliphatic rings. The molecule has 0 radical (unpaired) electrons. The van der Waals surface area contributed by atoms with Gasteiger partial charge in [-0.25, -0.2) is 4.79 Å². The van der Waals surface area contributed by atoms with Crippen LogP contribution in [0.1, 0.15) is 94.9 Å². The molecule has 10 atom stereocenters. The van der Waals surface area contributed by atoms with E-state index in [4.69, 9.17) is 34.2 Å². The van der Waals surface area contributed by atoms with Crippen molar-refractivity contribution >= 4 is 99.3 Å². The topological polar surface area (TPSA) is 496 Å². The molecule has 1 aliphatic heterocycles. The Kier molecular flexibility index (Phi) is 31.2. The average molecular weight is 1430 g/mol. The lowest BCUT2D eigenvalue weighted by atomic mass is 9.99. The molecule has 2 heterocycles. The largest absolute Gasteiger partial charge is 0.508 e. The monoisotopic (exact) mass is 1430 g/mol. The van der Waals surface area contributed by atoms with E-state index in [-0.39, 0.29) is 101 Å². The van der Waals surface area contributed by atoms with Gasteiger partial charge in [0.25, 0.3) is 0 Å². The molecule has 31 nitrogen and oxygen atoms in total. The number of carbonyl (C=O) groups is 12. The molecule has 20 N–H and O–H groups in total. The van der Waals surface area contributed by atoms with Crippen LogP contribution in [0, 0.1) is 11.3 Å². The van der Waals surface area contributed by atoms with Gasteiger partial charge < -0.3 is 90.8 Å². The lowest BCUT2D eigenvalue weighted by Crippen LogP contribution is -2.61. The van der Waals surface area contributed by atoms with Crippen LogP contribution in [-0.4, -0.2) is 184 Å². The number of guanidine groups is 1. The fourth-order valence-electron chi connectivity index (χ4n) is 11.4. The number of nitrogens with two attached hydrogens (primary N) is 3. The first kappa shape index (κ1) is 80.0. The first-order valence-electron chi connectivity index (χ1n) is 33.5. The number of phenols is 1. The fraction of sp³-hybridized carbons (Fsp3) is 0.429. The molecule has 32 heteroatoms. The van der Waals surface area contributed by atoms with Gasteiger partial charge in [-0.3, -0.25) is 63.1 Å². The molecule has 0 saturated carbocycles. The number of carbonyl (C=O) groups excluding carboxylic acids is 12. The number of phenolic OH excluding ortho intramolecular Hbond substituents is 1. The van der Waals surface area contributed by atoms with Gasteiger partial charge in [-0.15, -0.1) is 0 Å². The summed E-state index contributed by atoms with van der Waals surface area (Å²) in [7, 11) is 0. The Balaban J connectivity index is 1.25. The van der Waals surface area contributed by atoms with E-state index < -0.39 is 138 Å². The SMILES string of the molecule is CC(=O)N[C@H](Cc1ccc2ccccc2c1)C(=O)NC(Cc1ccc(Cl)cc1)C(=O)N[C@H](Cc1cccnc1)C(=O)N[C@@H](CO)C(=O)N[C@@H](Cc1ccc(O)cc1)C(=O)N[C@H](CCCNC(N)=O)C(=O)N[C@@H](CC(C)C)C(=O)N[C@@H](CCCNC(=N)N)C(=O)N1CCC[C@@H]1C(=O)N[C@H](C)C(N)=O. The minimum absolute atomic E-state index is 0.00169. The summed E-state index contributed by atoms with van der Waals surface area (Å²) in [6.45, 7) is 5.20. The van der Waals surface area contributed by atoms with Crippen molar-refractivity contribution in [2.24, 2.45) is 23.1 Å². The fourth-order valence-corrected chi connectivity index (χ4v) is 11.5. The number of aliphatic hydroxyl groups is 1. The number of urea groups is 1. The van der Waals surface area contributed by atoms with E-state index in [2.05, 4.69) is 63.5 Å². The van der Waals surface area contributed by atoms with E-state index in [1.807, 2.05) is 42.5 Å². The highest BCUT2D eigenvalue weighted by Gasteiger charge is 2.40. The average Bonchev–Trinajstić information content (AvgIpc) is 1.13. The number of nitrogens with zero attached hydrogens (tertiary/aromatic N) is 2. The molecule has 1 fully saturated rings. The molecule has 1 unspecified atom stereocenters. The summed E-state index contributed by atoms with van der Waals surface area (Å²) in [6.07, 6.45) is 2.71. The second kappa shape index (κ2) is 39.7. The number of pyridine rings is 1. The van der Waals surface area contributed by atoms with Gasteiger partial charge in [0, 0.05) is 69.7 Å². The number of halogens is 1. The summed E-state index contributed by atoms with van der Waals surface area (Å²) in [5.41, 5.74) is 18.3. The van der Waals surface area contributed by atoms with Crippen molar-refractivity contribution in [2.75, 3.05) is 26.2 Å². The van der Waals surface area contributed by atoms with E-state index in [0.717, 1.165) is 10.8 Å². The van der Waals surface area contributed by atoms with Crippen molar-refractivity contribution in [1.82, 2.24) is 68.4 Å². The van der Waals surface area contributed by atoms with Crippen LogP contribution in [0.3, 0.4) is 0 Å². The molecule has 0 aliphatic carbocycles. The number of hydrogen-bond donors (Lipinski definition) is 17. The van der Waals surface area contributed by atoms with Crippen molar-refractivity contribution in [3.63, 3.8) is 0 Å². The number of amides is 13. The van der Waals surface area contributed by atoms with Gasteiger partial charge in [-0.2, -0.15) is 0 Å². The van der Waals surface area contributed by atoms with E-state index in [0.29, 0.717) is 33.7 Å². The van der Waals surface area contributed by atoms with Crippen LogP contribution in [0.5, 0.6) is 5.75 Å². The van der Waals surface area contributed by atoms with Crippen LogP contribution < -0.4 is 75.7 Å². The molecule has 548 valence electrons. The van der Waals surface area contributed by atoms with Gasteiger partial charge in [0.05, 0.1) is 6.61 Å². The van der Waals surface area contributed by atoms with Crippen molar-refractivity contribution in [2.45, 2.75) is 159 Å². The Labute approximate surface area is 595 Å². The highest BCUT2D eigenvalue weighted by atomic mass is 35.5. The molecule has 1 aromatic heterocycles. The second-order valence-corrected chi connectivity index (χ2v) is 25.8. The van der Waals surface area contributed by atoms with Crippen LogP contribution in [0.4, 0.5) is 4.79 Å². The Morgan fingerprint density at radius 1 is 0.559 bits per heavy atom. The molecular formula is C70H92ClN17O14. The van der Waals surface area contributed by atoms with E-state index in [1.165, 1.54) is 55.4 Å². The summed E-state index contributed by atoms with van der Waals surface area (Å²) >= 11 is 6.23. The third-order valence-corrected chi connectivity index (χ3v) is 17.0. The molecule has 6 rings (SSSR count). The molecule has 13 amide bonds. The third kappa shape index (κ3) is 26.0. The van der Waals surface area contributed by atoms with Crippen molar-refractivity contribution in [3.05, 3.63) is 143 Å². The maximum absolute atomic E-state index is 14.9. The third-order valence-electron chi connectivity index (χ3n) is 16.7. The number of aromatic nitrogens is 1. The summed E-state index contributed by atoms with van der Waals surface area (Å²) in [4.78, 5) is 172. The van der Waals surface area contributed by atoms with Crippen LogP contribution in [0.15, 0.2) is 116 Å². The number of rotatable bonds is 38. The maximum atomic E-state index is 14.9. The molecule has 1 saturated heterocycles. The highest BCUT2D eigenvalue weighted by molar-refractivity contribution is 6.30. The van der Waals surface area contributed by atoms with Crippen LogP contribution in [-0.2, 0) is 78.4 Å². The van der Waals surface area contributed by atoms with E-state index >= 15 is 0 Å². The van der Waals surface area contributed by atoms with Crippen molar-refractivity contribution in [1.29, 1.82) is 5.41 Å². The zero-order valence-electron chi connectivity index (χ0n) is 57.2. The van der Waals surface area contributed by atoms with E-state index in [1.54, 1.807) is 50.2 Å². The Hall–Kier alpha value is -10.9. The predicted molar refractivity (Wildman–Crippen MR) is 378 cm³/mol. The van der Waals surface area contributed by atoms with Gasteiger partial charge in [0.2, 0.25) is 65.0 Å². The number of likely N-dealkylation sites (tertiary alicyclic amines) is 1. The molecule has 4 aromatic carbocycles. The van der Waals surface area contributed by atoms with Crippen LogP contribution in [0.2, 0.25) is 5.02 Å². The van der Waals surface area contributed by atoms with Gasteiger partial charge in [0.1, 0.15) is 66.2 Å². The zero-order chi connectivity index (χ0) is 74.6. The number of nitrogens with one attached hydrogen (secondary N) is 12. The van der Waals surface area contributed by atoms with Crippen molar-refractivity contribution in [3.8, 4) is 5.75 Å². The number of aromatic hydroxyl groups is 1. The highest BCUT2D eigenvalue weighted by Crippen LogP contribution is 2.22. The summed E-state index contributed by atoms with van der Waals surface area (Å²) < 4.78 is 0. The summed E-state index contributed by atoms with van der Waals surface area (Å²) in [6, 6.07) is 13.4. The molecule has 0 spiro atoms. The zero-order valence-corrected chi connectivity index (χ0v) is 58.0. The van der Waals surface area contributed by atoms with Crippen LogP contribution >= 0.6 is 11.6 Å². The van der Waals surface area contributed by atoms with Crippen molar-refractivity contribution < 1.29 is 67.7 Å². The first-order chi connectivity index (χ1) is 48.6. The molecular weight excluding hydrogens is 1340 g/mol. The first-order valence-corrected chi connectivity index (χ1v) is 33.9. The van der Waals surface area contributed by atoms with Gasteiger partial charge in [0.15, 0.2) is 5.96 Å². The Morgan fingerprint density at radius 2 is 1.04 bits per heavy atom. The predicted octanol–water partition coefficient (Wildman–Crippen LogP) is -0.506. The number of fused-ring (bicyclic) bond motifs is 1. The number of hydrogen-bond acceptors (Lipinski definition) is 16. The summed E-state index contributed by atoms with van der Waals surface area (Å²) in [5.74, 6) is -9.97. The summed E-state index contributed by atoms with van der Waals surface area (Å²) in [5, 5.41) is 59.8. The van der Waals surface area contributed by atoms with Gasteiger partial charge in [-0.1, -0.05) is 98.2 Å². The lowest BCUT2D eigenvalue weighted by molar-refractivity contribution is -0.142. The number of primary amides is 2.